The molecule has 1 heterocycles. The van der Waals surface area contributed by atoms with Gasteiger partial charge in [-0.25, -0.2) is 0 Å². The van der Waals surface area contributed by atoms with Gasteiger partial charge in [-0.15, -0.1) is 12.4 Å². The molecule has 2 N–H and O–H groups in total. The molecule has 1 aliphatic heterocycles. The van der Waals surface area contributed by atoms with Crippen molar-refractivity contribution in [1.82, 2.24) is 9.80 Å². The maximum absolute atomic E-state index is 12.4. The number of benzene rings is 1. The lowest BCUT2D eigenvalue weighted by molar-refractivity contribution is -0.132. The molecular weight excluding hydrogens is 298 g/mol. The Morgan fingerprint density at radius 3 is 2.64 bits per heavy atom. The van der Waals surface area contributed by atoms with Crippen molar-refractivity contribution in [2.45, 2.75) is 38.6 Å². The number of hydrogen-bond donors (Lipinski definition) is 1. The molecule has 0 unspecified atom stereocenters. The van der Waals surface area contributed by atoms with Crippen molar-refractivity contribution in [3.05, 3.63) is 29.8 Å². The van der Waals surface area contributed by atoms with Crippen LogP contribution in [0, 0.1) is 0 Å². The van der Waals surface area contributed by atoms with Crippen LogP contribution in [0.2, 0.25) is 0 Å². The van der Waals surface area contributed by atoms with Gasteiger partial charge in [0, 0.05) is 31.9 Å². The van der Waals surface area contributed by atoms with Crippen LogP contribution < -0.4 is 5.73 Å². The lowest BCUT2D eigenvalue weighted by Gasteiger charge is -2.36. The predicted octanol–water partition coefficient (Wildman–Crippen LogP) is 2.57. The van der Waals surface area contributed by atoms with E-state index in [0.717, 1.165) is 37.2 Å². The number of hydrogen-bond acceptors (Lipinski definition) is 3. The summed E-state index contributed by atoms with van der Waals surface area (Å²) in [6.07, 6.45) is 3.81. The van der Waals surface area contributed by atoms with E-state index in [-0.39, 0.29) is 18.3 Å². The fourth-order valence-electron chi connectivity index (χ4n) is 3.05. The molecular formula is C17H28ClN3O. The zero-order valence-electron chi connectivity index (χ0n) is 13.6. The molecule has 0 atom stereocenters. The van der Waals surface area contributed by atoms with Gasteiger partial charge in [0.05, 0.1) is 6.42 Å². The molecule has 1 aromatic carbocycles. The highest BCUT2D eigenvalue weighted by atomic mass is 35.5. The maximum Gasteiger partial charge on any atom is 0.226 e. The molecule has 1 aromatic rings. The Balaban J connectivity index is 0.00000242. The Hall–Kier alpha value is -1.26. The molecule has 5 heteroatoms. The molecule has 1 fully saturated rings. The van der Waals surface area contributed by atoms with E-state index < -0.39 is 0 Å². The maximum atomic E-state index is 12.4. The molecule has 124 valence electrons. The van der Waals surface area contributed by atoms with Crippen LogP contribution in [0.4, 0.5) is 5.69 Å². The number of likely N-dealkylation sites (tertiary alicyclic amines) is 1. The number of anilines is 1. The Bertz CT molecular complexity index is 473. The number of halogens is 1. The molecule has 1 saturated heterocycles. The number of nitrogens with two attached hydrogens (primary N) is 1. The van der Waals surface area contributed by atoms with E-state index in [1.54, 1.807) is 0 Å². The highest BCUT2D eigenvalue weighted by Crippen LogP contribution is 2.17. The third kappa shape index (κ3) is 5.18. The van der Waals surface area contributed by atoms with Crippen LogP contribution in [0.5, 0.6) is 0 Å². The molecule has 0 spiro atoms. The van der Waals surface area contributed by atoms with Crippen molar-refractivity contribution in [3.63, 3.8) is 0 Å². The molecule has 1 aliphatic rings. The van der Waals surface area contributed by atoms with Crippen LogP contribution in [0.25, 0.3) is 0 Å². The fourth-order valence-corrected chi connectivity index (χ4v) is 3.05. The minimum atomic E-state index is 0. The molecule has 0 saturated carbocycles. The van der Waals surface area contributed by atoms with Crippen LogP contribution in [0.1, 0.15) is 31.7 Å². The summed E-state index contributed by atoms with van der Waals surface area (Å²) in [6.45, 7) is 5.60. The van der Waals surface area contributed by atoms with Crippen molar-refractivity contribution in [2.75, 3.05) is 32.4 Å². The second-order valence-electron chi connectivity index (χ2n) is 6.00. The first-order valence-corrected chi connectivity index (χ1v) is 7.92. The van der Waals surface area contributed by atoms with Gasteiger partial charge < -0.3 is 15.5 Å². The molecule has 0 aromatic heterocycles. The Morgan fingerprint density at radius 2 is 2.05 bits per heavy atom. The predicted molar refractivity (Wildman–Crippen MR) is 94.3 cm³/mol. The van der Waals surface area contributed by atoms with Crippen molar-refractivity contribution in [3.8, 4) is 0 Å². The monoisotopic (exact) mass is 325 g/mol. The molecule has 4 nitrogen and oxygen atoms in total. The summed E-state index contributed by atoms with van der Waals surface area (Å²) < 4.78 is 0. The number of piperidine rings is 1. The summed E-state index contributed by atoms with van der Waals surface area (Å²) in [5.74, 6) is 0.189. The van der Waals surface area contributed by atoms with Gasteiger partial charge >= 0.3 is 0 Å². The zero-order chi connectivity index (χ0) is 15.2. The van der Waals surface area contributed by atoms with Crippen LogP contribution >= 0.6 is 12.4 Å². The Labute approximate surface area is 140 Å². The van der Waals surface area contributed by atoms with Crippen LogP contribution in [-0.2, 0) is 11.2 Å². The Morgan fingerprint density at radius 1 is 1.36 bits per heavy atom. The van der Waals surface area contributed by atoms with E-state index in [4.69, 9.17) is 5.73 Å². The lowest BCUT2D eigenvalue weighted by atomic mass is 10.0. The Kier molecular flexibility index (Phi) is 7.69. The molecule has 0 bridgehead atoms. The van der Waals surface area contributed by atoms with Gasteiger partial charge in [0.1, 0.15) is 0 Å². The van der Waals surface area contributed by atoms with Gasteiger partial charge in [-0.05, 0) is 43.5 Å². The number of rotatable bonds is 5. The quantitative estimate of drug-likeness (QED) is 0.846. The summed E-state index contributed by atoms with van der Waals surface area (Å²) in [4.78, 5) is 16.8. The summed E-state index contributed by atoms with van der Waals surface area (Å²) in [5.41, 5.74) is 7.48. The van der Waals surface area contributed by atoms with E-state index in [2.05, 4.69) is 11.8 Å². The lowest BCUT2D eigenvalue weighted by Crippen LogP contribution is -2.46. The first-order chi connectivity index (χ1) is 10.1. The average molecular weight is 326 g/mol. The third-order valence-corrected chi connectivity index (χ3v) is 4.34. The van der Waals surface area contributed by atoms with Crippen molar-refractivity contribution in [2.24, 2.45) is 0 Å². The average Bonchev–Trinajstić information content (AvgIpc) is 2.47. The highest BCUT2D eigenvalue weighted by Gasteiger charge is 2.24. The number of carbonyl (C=O) groups excluding carboxylic acids is 1. The molecule has 1 amide bonds. The van der Waals surface area contributed by atoms with Gasteiger partial charge in [0.25, 0.3) is 0 Å². The zero-order valence-corrected chi connectivity index (χ0v) is 14.4. The normalized spacial score (nSPS) is 16.1. The number of nitrogens with zero attached hydrogens (tertiary/aromatic N) is 2. The minimum Gasteiger partial charge on any atom is -0.399 e. The van der Waals surface area contributed by atoms with Crippen LogP contribution in [0.15, 0.2) is 24.3 Å². The third-order valence-electron chi connectivity index (χ3n) is 4.34. The van der Waals surface area contributed by atoms with E-state index in [9.17, 15) is 4.79 Å². The van der Waals surface area contributed by atoms with Gasteiger partial charge in [-0.2, -0.15) is 0 Å². The second-order valence-corrected chi connectivity index (χ2v) is 6.00. The molecule has 0 aliphatic carbocycles. The largest absolute Gasteiger partial charge is 0.399 e. The summed E-state index contributed by atoms with van der Waals surface area (Å²) >= 11 is 0. The number of nitrogen functional groups attached to an aromatic ring is 1. The van der Waals surface area contributed by atoms with Gasteiger partial charge in [0.15, 0.2) is 0 Å². The van der Waals surface area contributed by atoms with Crippen molar-refractivity contribution >= 4 is 24.0 Å². The van der Waals surface area contributed by atoms with E-state index >= 15 is 0 Å². The van der Waals surface area contributed by atoms with Crippen LogP contribution in [-0.4, -0.2) is 48.4 Å². The number of carbonyl (C=O) groups is 1. The highest BCUT2D eigenvalue weighted by molar-refractivity contribution is 5.85. The molecule has 0 radical (unpaired) electrons. The van der Waals surface area contributed by atoms with E-state index in [1.807, 2.05) is 36.2 Å². The summed E-state index contributed by atoms with van der Waals surface area (Å²) in [5, 5.41) is 0. The number of amides is 1. The van der Waals surface area contributed by atoms with Gasteiger partial charge in [-0.3, -0.25) is 4.79 Å². The standard InChI is InChI=1S/C17H27N3O.ClH/c1-3-9-20-10-7-16(8-11-20)19(2)17(21)13-14-5-4-6-15(18)12-14;/h4-6,12,16H,3,7-11,13,18H2,1-2H3;1H. The minimum absolute atomic E-state index is 0. The SMILES string of the molecule is CCCN1CCC(N(C)C(=O)Cc2cccc(N)c2)CC1.Cl. The van der Waals surface area contributed by atoms with Crippen molar-refractivity contribution in [1.29, 1.82) is 0 Å². The van der Waals surface area contributed by atoms with E-state index in [0.29, 0.717) is 12.5 Å². The smallest absolute Gasteiger partial charge is 0.226 e. The number of likely N-dealkylation sites (N-methyl/N-ethyl adjacent to an activating group) is 1. The van der Waals surface area contributed by atoms with Gasteiger partial charge in [0.2, 0.25) is 5.91 Å². The fraction of sp³-hybridized carbons (Fsp3) is 0.588. The molecule has 22 heavy (non-hydrogen) atoms. The van der Waals surface area contributed by atoms with Crippen LogP contribution in [0.3, 0.4) is 0 Å². The van der Waals surface area contributed by atoms with Gasteiger partial charge in [-0.1, -0.05) is 19.1 Å². The molecule has 2 rings (SSSR count). The first kappa shape index (κ1) is 18.8. The summed E-state index contributed by atoms with van der Waals surface area (Å²) in [7, 11) is 1.94. The van der Waals surface area contributed by atoms with Crippen molar-refractivity contribution < 1.29 is 4.79 Å². The summed E-state index contributed by atoms with van der Waals surface area (Å²) in [6, 6.07) is 7.98. The second kappa shape index (κ2) is 9.01. The topological polar surface area (TPSA) is 49.6 Å². The first-order valence-electron chi connectivity index (χ1n) is 7.92. The van der Waals surface area contributed by atoms with E-state index in [1.165, 1.54) is 13.0 Å².